The van der Waals surface area contributed by atoms with Gasteiger partial charge in [-0.1, -0.05) is 43.2 Å². The van der Waals surface area contributed by atoms with Gasteiger partial charge in [0.2, 0.25) is 15.9 Å². The van der Waals surface area contributed by atoms with Crippen LogP contribution in [0.3, 0.4) is 0 Å². The van der Waals surface area contributed by atoms with Gasteiger partial charge in [0.05, 0.1) is 24.2 Å². The highest BCUT2D eigenvalue weighted by Crippen LogP contribution is 2.28. The van der Waals surface area contributed by atoms with Crippen LogP contribution in [0.1, 0.15) is 31.2 Å². The molecule has 2 fully saturated rings. The van der Waals surface area contributed by atoms with Crippen LogP contribution >= 0.6 is 0 Å². The average Bonchev–Trinajstić information content (AvgIpc) is 2.80. The highest BCUT2D eigenvalue weighted by Gasteiger charge is 2.34. The number of morpholine rings is 1. The molecule has 2 aromatic carbocycles. The second-order valence-electron chi connectivity index (χ2n) is 8.55. The maximum Gasteiger partial charge on any atom is 0.243 e. The molecular weight excluding hydrogens is 426 g/mol. The molecule has 1 aliphatic carbocycles. The summed E-state index contributed by atoms with van der Waals surface area (Å²) in [7, 11) is -2.05. The minimum atomic E-state index is -3.62. The van der Waals surface area contributed by atoms with Crippen molar-refractivity contribution in [1.82, 2.24) is 9.21 Å². The van der Waals surface area contributed by atoms with Gasteiger partial charge in [-0.25, -0.2) is 8.42 Å². The fourth-order valence-corrected chi connectivity index (χ4v) is 5.73. The Labute approximate surface area is 190 Å². The third kappa shape index (κ3) is 5.38. The molecule has 1 saturated heterocycles. The van der Waals surface area contributed by atoms with Crippen LogP contribution < -0.4 is 5.32 Å². The first-order chi connectivity index (χ1) is 15.4. The molecule has 1 N–H and O–H groups in total. The van der Waals surface area contributed by atoms with Gasteiger partial charge >= 0.3 is 0 Å². The van der Waals surface area contributed by atoms with Crippen LogP contribution in [0.4, 0.5) is 5.69 Å². The minimum absolute atomic E-state index is 0.0898. The second-order valence-corrected chi connectivity index (χ2v) is 10.6. The number of anilines is 1. The number of carbonyl (C=O) groups excluding carboxylic acids is 1. The minimum Gasteiger partial charge on any atom is -0.375 e. The lowest BCUT2D eigenvalue weighted by molar-refractivity contribution is -0.124. The van der Waals surface area contributed by atoms with E-state index in [1.165, 1.54) is 17.1 Å². The number of carbonyl (C=O) groups is 1. The Morgan fingerprint density at radius 1 is 1.09 bits per heavy atom. The highest BCUT2D eigenvalue weighted by molar-refractivity contribution is 7.89. The van der Waals surface area contributed by atoms with Gasteiger partial charge in [0.1, 0.15) is 0 Å². The fraction of sp³-hybridized carbons (Fsp3) is 0.458. The first-order valence-electron chi connectivity index (χ1n) is 11.2. The molecule has 4 rings (SSSR count). The van der Waals surface area contributed by atoms with E-state index in [0.29, 0.717) is 31.4 Å². The molecule has 1 amide bonds. The van der Waals surface area contributed by atoms with E-state index >= 15 is 0 Å². The number of fused-ring (bicyclic) bond motifs is 1. The molecule has 7 nitrogen and oxygen atoms in total. The lowest BCUT2D eigenvalue weighted by Crippen LogP contribution is -2.54. The molecule has 172 valence electrons. The van der Waals surface area contributed by atoms with E-state index in [1.807, 2.05) is 30.3 Å². The number of sulfonamides is 1. The van der Waals surface area contributed by atoms with E-state index in [-0.39, 0.29) is 16.9 Å². The summed E-state index contributed by atoms with van der Waals surface area (Å²) < 4.78 is 33.0. The Balaban J connectivity index is 1.35. The highest BCUT2D eigenvalue weighted by atomic mass is 32.2. The van der Waals surface area contributed by atoms with E-state index in [4.69, 9.17) is 4.74 Å². The van der Waals surface area contributed by atoms with Crippen molar-refractivity contribution in [2.45, 2.75) is 49.3 Å². The number of nitrogens with one attached hydrogen (secondary N) is 1. The summed E-state index contributed by atoms with van der Waals surface area (Å²) in [6.45, 7) is 2.05. The van der Waals surface area contributed by atoms with Crippen molar-refractivity contribution in [3.05, 3.63) is 60.2 Å². The van der Waals surface area contributed by atoms with Crippen LogP contribution in [0, 0.1) is 0 Å². The van der Waals surface area contributed by atoms with Crippen LogP contribution in [0.15, 0.2) is 59.5 Å². The molecular formula is C24H31N3O4S. The van der Waals surface area contributed by atoms with Crippen molar-refractivity contribution in [1.29, 1.82) is 0 Å². The smallest absolute Gasteiger partial charge is 0.243 e. The Hall–Kier alpha value is -2.26. The second kappa shape index (κ2) is 10.1. The van der Waals surface area contributed by atoms with E-state index in [2.05, 4.69) is 10.2 Å². The standard InChI is InChI=1S/C24H31N3O4S/c1-26(17-19-7-3-2-4-8-19)32(29,30)21-13-11-20(12-14-21)25-24(28)18-27-15-16-31-23-10-6-5-9-22(23)27/h2-4,7-8,11-14,22-23H,5-6,9-10,15-18H2,1H3,(H,25,28). The Bertz CT molecular complexity index is 1010. The number of hydrogen-bond donors (Lipinski definition) is 1. The molecule has 1 saturated carbocycles. The van der Waals surface area contributed by atoms with Gasteiger partial charge in [-0.05, 0) is 42.7 Å². The van der Waals surface area contributed by atoms with Crippen molar-refractivity contribution in [2.24, 2.45) is 0 Å². The van der Waals surface area contributed by atoms with Crippen LogP contribution in [0.25, 0.3) is 0 Å². The van der Waals surface area contributed by atoms with Gasteiger partial charge in [0, 0.05) is 31.9 Å². The predicted octanol–water partition coefficient (Wildman–Crippen LogP) is 3.09. The third-order valence-electron chi connectivity index (χ3n) is 6.29. The molecule has 32 heavy (non-hydrogen) atoms. The van der Waals surface area contributed by atoms with Crippen LogP contribution in [0.2, 0.25) is 0 Å². The van der Waals surface area contributed by atoms with Crippen molar-refractivity contribution < 1.29 is 17.9 Å². The Kier molecular flexibility index (Phi) is 7.25. The lowest BCUT2D eigenvalue weighted by atomic mass is 9.90. The molecule has 1 heterocycles. The molecule has 0 spiro atoms. The number of hydrogen-bond acceptors (Lipinski definition) is 5. The normalized spacial score (nSPS) is 21.8. The summed E-state index contributed by atoms with van der Waals surface area (Å²) in [4.78, 5) is 15.1. The van der Waals surface area contributed by atoms with Crippen molar-refractivity contribution in [2.75, 3.05) is 32.1 Å². The van der Waals surface area contributed by atoms with Crippen LogP contribution in [-0.2, 0) is 26.1 Å². The van der Waals surface area contributed by atoms with E-state index in [0.717, 1.165) is 24.9 Å². The molecule has 2 unspecified atom stereocenters. The van der Waals surface area contributed by atoms with Crippen molar-refractivity contribution >= 4 is 21.6 Å². The van der Waals surface area contributed by atoms with Gasteiger partial charge < -0.3 is 10.1 Å². The van der Waals surface area contributed by atoms with E-state index < -0.39 is 10.0 Å². The number of nitrogens with zero attached hydrogens (tertiary/aromatic N) is 2. The molecule has 0 aromatic heterocycles. The van der Waals surface area contributed by atoms with Crippen molar-refractivity contribution in [3.8, 4) is 0 Å². The van der Waals surface area contributed by atoms with Gasteiger partial charge in [-0.3, -0.25) is 9.69 Å². The lowest BCUT2D eigenvalue weighted by Gasteiger charge is -2.43. The largest absolute Gasteiger partial charge is 0.375 e. The maximum absolute atomic E-state index is 12.9. The number of amides is 1. The monoisotopic (exact) mass is 457 g/mol. The molecule has 2 aliphatic rings. The van der Waals surface area contributed by atoms with Crippen molar-refractivity contribution in [3.63, 3.8) is 0 Å². The molecule has 2 atom stereocenters. The molecule has 8 heteroatoms. The van der Waals surface area contributed by atoms with Crippen LogP contribution in [-0.4, -0.2) is 62.4 Å². The summed E-state index contributed by atoms with van der Waals surface area (Å²) in [6.07, 6.45) is 4.75. The Morgan fingerprint density at radius 3 is 2.56 bits per heavy atom. The van der Waals surface area contributed by atoms with Gasteiger partial charge in [-0.15, -0.1) is 0 Å². The maximum atomic E-state index is 12.9. The van der Waals surface area contributed by atoms with E-state index in [1.54, 1.807) is 31.3 Å². The molecule has 2 aromatic rings. The SMILES string of the molecule is CN(Cc1ccccc1)S(=O)(=O)c1ccc(NC(=O)CN2CCOC3CCCCC32)cc1. The third-order valence-corrected chi connectivity index (χ3v) is 8.11. The molecule has 0 radical (unpaired) electrons. The van der Waals surface area contributed by atoms with Gasteiger partial charge in [0.25, 0.3) is 0 Å². The van der Waals surface area contributed by atoms with Gasteiger partial charge in [0.15, 0.2) is 0 Å². The Morgan fingerprint density at radius 2 is 1.81 bits per heavy atom. The average molecular weight is 458 g/mol. The number of ether oxygens (including phenoxy) is 1. The zero-order valence-electron chi connectivity index (χ0n) is 18.4. The quantitative estimate of drug-likeness (QED) is 0.691. The fourth-order valence-electron chi connectivity index (χ4n) is 4.57. The summed E-state index contributed by atoms with van der Waals surface area (Å²) >= 11 is 0. The summed E-state index contributed by atoms with van der Waals surface area (Å²) in [5.41, 5.74) is 1.51. The first-order valence-corrected chi connectivity index (χ1v) is 12.6. The summed E-state index contributed by atoms with van der Waals surface area (Å²) in [5.74, 6) is -0.0898. The molecule has 0 bridgehead atoms. The molecule has 1 aliphatic heterocycles. The summed E-state index contributed by atoms with van der Waals surface area (Å²) in [6, 6.07) is 16.2. The van der Waals surface area contributed by atoms with Gasteiger partial charge in [-0.2, -0.15) is 4.31 Å². The zero-order valence-corrected chi connectivity index (χ0v) is 19.3. The van der Waals surface area contributed by atoms with Crippen LogP contribution in [0.5, 0.6) is 0 Å². The first kappa shape index (κ1) is 22.9. The topological polar surface area (TPSA) is 79.0 Å². The zero-order chi connectivity index (χ0) is 22.6. The number of benzene rings is 2. The predicted molar refractivity (Wildman–Crippen MR) is 124 cm³/mol. The number of rotatable bonds is 7. The van der Waals surface area contributed by atoms with E-state index in [9.17, 15) is 13.2 Å². The summed E-state index contributed by atoms with van der Waals surface area (Å²) in [5, 5.41) is 2.90.